The molecule has 3 N–H and O–H groups in total. The third-order valence-electron chi connectivity index (χ3n) is 6.10. The van der Waals surface area contributed by atoms with Gasteiger partial charge in [0.1, 0.15) is 0 Å². The lowest BCUT2D eigenvalue weighted by Crippen LogP contribution is -2.39. The summed E-state index contributed by atoms with van der Waals surface area (Å²) in [6, 6.07) is 7.66. The van der Waals surface area contributed by atoms with Gasteiger partial charge in [-0.05, 0) is 42.5 Å². The van der Waals surface area contributed by atoms with Crippen molar-refractivity contribution in [3.8, 4) is 0 Å². The minimum Gasteiger partial charge on any atom is -0.397 e. The normalized spacial score (nSPS) is 18.1. The summed E-state index contributed by atoms with van der Waals surface area (Å²) in [5.41, 5.74) is 7.31. The van der Waals surface area contributed by atoms with Crippen molar-refractivity contribution in [2.75, 3.05) is 34.8 Å². The van der Waals surface area contributed by atoms with Crippen molar-refractivity contribution in [2.45, 2.75) is 42.9 Å². The molecule has 1 heterocycles. The van der Waals surface area contributed by atoms with Gasteiger partial charge in [0.2, 0.25) is 5.91 Å². The van der Waals surface area contributed by atoms with Crippen LogP contribution in [0.3, 0.4) is 0 Å². The molecule has 2 fully saturated rings. The highest BCUT2D eigenvalue weighted by Crippen LogP contribution is 2.44. The maximum absolute atomic E-state index is 13.6. The predicted octanol–water partition coefficient (Wildman–Crippen LogP) is 5.18. The fourth-order valence-corrected chi connectivity index (χ4v) is 6.43. The topological polar surface area (TPSA) is 92.5 Å². The van der Waals surface area contributed by atoms with E-state index in [1.54, 1.807) is 17.0 Å². The van der Waals surface area contributed by atoms with Crippen molar-refractivity contribution in [1.82, 2.24) is 0 Å². The van der Waals surface area contributed by atoms with Crippen molar-refractivity contribution in [2.24, 2.45) is 5.92 Å². The van der Waals surface area contributed by atoms with E-state index in [0.29, 0.717) is 11.3 Å². The highest BCUT2D eigenvalue weighted by molar-refractivity contribution is 7.91. The van der Waals surface area contributed by atoms with Crippen LogP contribution in [-0.4, -0.2) is 39.1 Å². The van der Waals surface area contributed by atoms with Crippen molar-refractivity contribution in [3.63, 3.8) is 0 Å². The zero-order valence-corrected chi connectivity index (χ0v) is 20.6. The Kier molecular flexibility index (Phi) is 6.99. The third-order valence-corrected chi connectivity index (χ3v) is 8.66. The van der Waals surface area contributed by atoms with E-state index in [1.165, 1.54) is 18.2 Å². The van der Waals surface area contributed by atoms with Crippen LogP contribution in [-0.2, 0) is 21.1 Å². The number of carbonyl (C=O) groups excluding carboxylic acids is 1. The molecule has 0 bridgehead atoms. The molecule has 1 aliphatic carbocycles. The number of halogens is 4. The first-order valence-electron chi connectivity index (χ1n) is 11.0. The average molecular weight is 532 g/mol. The Morgan fingerprint density at radius 3 is 2.35 bits per heavy atom. The van der Waals surface area contributed by atoms with E-state index in [-0.39, 0.29) is 70.3 Å². The maximum atomic E-state index is 13.6. The van der Waals surface area contributed by atoms with E-state index in [2.05, 4.69) is 5.32 Å². The summed E-state index contributed by atoms with van der Waals surface area (Å²) in [4.78, 5) is 14.6. The Hall–Kier alpha value is -2.10. The first kappa shape index (κ1) is 25.0. The van der Waals surface area contributed by atoms with Gasteiger partial charge in [-0.2, -0.15) is 0 Å². The van der Waals surface area contributed by atoms with Crippen LogP contribution in [0, 0.1) is 5.92 Å². The number of benzene rings is 2. The van der Waals surface area contributed by atoms with Crippen LogP contribution in [0.15, 0.2) is 35.2 Å². The van der Waals surface area contributed by atoms with Crippen LogP contribution in [0.1, 0.15) is 31.2 Å². The van der Waals surface area contributed by atoms with Crippen LogP contribution in [0.25, 0.3) is 0 Å². The molecule has 6 nitrogen and oxygen atoms in total. The van der Waals surface area contributed by atoms with Gasteiger partial charge in [-0.15, -0.1) is 0 Å². The van der Waals surface area contributed by atoms with Crippen molar-refractivity contribution >= 4 is 56.0 Å². The van der Waals surface area contributed by atoms with Crippen LogP contribution in [0.4, 0.5) is 25.8 Å². The minimum atomic E-state index is -3.33. The number of hydrogen-bond acceptors (Lipinski definition) is 5. The monoisotopic (exact) mass is 531 g/mol. The van der Waals surface area contributed by atoms with Gasteiger partial charge in [0, 0.05) is 25.9 Å². The summed E-state index contributed by atoms with van der Waals surface area (Å²) in [5.74, 6) is -2.75. The van der Waals surface area contributed by atoms with Crippen LogP contribution >= 0.6 is 23.2 Å². The number of amides is 1. The highest BCUT2D eigenvalue weighted by Gasteiger charge is 2.35. The van der Waals surface area contributed by atoms with Gasteiger partial charge < -0.3 is 16.0 Å². The molecule has 2 aromatic carbocycles. The Morgan fingerprint density at radius 1 is 1.15 bits per heavy atom. The Morgan fingerprint density at radius 2 is 1.76 bits per heavy atom. The Labute approximate surface area is 207 Å². The van der Waals surface area contributed by atoms with Crippen LogP contribution < -0.4 is 16.0 Å². The second-order valence-corrected chi connectivity index (χ2v) is 11.7. The second kappa shape index (κ2) is 9.51. The zero-order valence-electron chi connectivity index (χ0n) is 18.3. The molecule has 1 saturated heterocycles. The molecule has 184 valence electrons. The Balaban J connectivity index is 1.46. The molecule has 2 aromatic rings. The quantitative estimate of drug-likeness (QED) is 0.480. The number of anilines is 3. The van der Waals surface area contributed by atoms with E-state index >= 15 is 0 Å². The number of hydrogen-bond donors (Lipinski definition) is 2. The number of piperidine rings is 1. The SMILES string of the molecule is Nc1cc(Cl)c(N2CCC(F)(F)CC2)c(Cl)c1NC(=O)Cc1ccc(S(=O)(=O)CC2CC2)cc1. The molecule has 0 atom stereocenters. The summed E-state index contributed by atoms with van der Waals surface area (Å²) in [6.07, 6.45) is 1.21. The van der Waals surface area contributed by atoms with Gasteiger partial charge in [-0.25, -0.2) is 17.2 Å². The number of nitrogens with one attached hydrogen (secondary N) is 1. The largest absolute Gasteiger partial charge is 0.397 e. The fraction of sp³-hybridized carbons (Fsp3) is 0.435. The van der Waals surface area contributed by atoms with Gasteiger partial charge in [0.25, 0.3) is 5.92 Å². The molecule has 2 aliphatic rings. The molecule has 4 rings (SSSR count). The summed E-state index contributed by atoms with van der Waals surface area (Å²) in [5, 5.41) is 2.99. The van der Waals surface area contributed by atoms with Crippen molar-refractivity contribution in [3.05, 3.63) is 45.9 Å². The first-order chi connectivity index (χ1) is 15.9. The van der Waals surface area contributed by atoms with E-state index in [0.717, 1.165) is 12.8 Å². The number of rotatable bonds is 7. The van der Waals surface area contributed by atoms with Crippen molar-refractivity contribution < 1.29 is 22.0 Å². The molecule has 11 heteroatoms. The van der Waals surface area contributed by atoms with Crippen molar-refractivity contribution in [1.29, 1.82) is 0 Å². The van der Waals surface area contributed by atoms with E-state index in [4.69, 9.17) is 28.9 Å². The standard InChI is InChI=1S/C23H25Cl2F2N3O3S/c24-17-12-18(28)21(20(25)22(17)30-9-7-23(26,27)8-10-30)29-19(31)11-14-3-5-16(6-4-14)34(32,33)13-15-1-2-15/h3-6,12,15H,1-2,7-11,13,28H2,(H,29,31). The molecule has 0 unspecified atom stereocenters. The van der Waals surface area contributed by atoms with E-state index in [1.807, 2.05) is 0 Å². The molecular weight excluding hydrogens is 507 g/mol. The molecule has 0 radical (unpaired) electrons. The number of nitrogens with two attached hydrogens (primary N) is 1. The minimum absolute atomic E-state index is 0.0351. The zero-order chi connectivity index (χ0) is 24.7. The van der Waals surface area contributed by atoms with E-state index < -0.39 is 21.7 Å². The van der Waals surface area contributed by atoms with Gasteiger partial charge in [-0.3, -0.25) is 4.79 Å². The highest BCUT2D eigenvalue weighted by atomic mass is 35.5. The lowest BCUT2D eigenvalue weighted by Gasteiger charge is -2.35. The number of alkyl halides is 2. The average Bonchev–Trinajstić information content (AvgIpc) is 3.56. The summed E-state index contributed by atoms with van der Waals surface area (Å²) >= 11 is 12.8. The van der Waals surface area contributed by atoms with Gasteiger partial charge in [0.05, 0.1) is 44.2 Å². The van der Waals surface area contributed by atoms with E-state index in [9.17, 15) is 22.0 Å². The second-order valence-electron chi connectivity index (χ2n) is 8.92. The maximum Gasteiger partial charge on any atom is 0.251 e. The summed E-state index contributed by atoms with van der Waals surface area (Å²) in [6.45, 7) is 0.138. The van der Waals surface area contributed by atoms with Gasteiger partial charge in [0.15, 0.2) is 9.84 Å². The number of sulfone groups is 1. The van der Waals surface area contributed by atoms with Gasteiger partial charge in [-0.1, -0.05) is 35.3 Å². The molecule has 0 spiro atoms. The van der Waals surface area contributed by atoms with Gasteiger partial charge >= 0.3 is 0 Å². The van der Waals surface area contributed by atoms with Crippen LogP contribution in [0.2, 0.25) is 10.0 Å². The molecule has 1 amide bonds. The summed E-state index contributed by atoms with van der Waals surface area (Å²) in [7, 11) is -3.33. The fourth-order valence-electron chi connectivity index (χ4n) is 3.98. The van der Waals surface area contributed by atoms with Crippen LogP contribution in [0.5, 0.6) is 0 Å². The first-order valence-corrected chi connectivity index (χ1v) is 13.4. The predicted molar refractivity (Wildman–Crippen MR) is 131 cm³/mol. The lowest BCUT2D eigenvalue weighted by molar-refractivity contribution is -0.115. The third kappa shape index (κ3) is 5.75. The molecule has 34 heavy (non-hydrogen) atoms. The molecule has 0 aromatic heterocycles. The summed E-state index contributed by atoms with van der Waals surface area (Å²) < 4.78 is 51.9. The molecular formula is C23H25Cl2F2N3O3S. The lowest BCUT2D eigenvalue weighted by atomic mass is 10.1. The Bertz CT molecular complexity index is 1190. The number of carbonyl (C=O) groups is 1. The number of nitrogen functional groups attached to an aromatic ring is 1. The number of nitrogens with zero attached hydrogens (tertiary/aromatic N) is 1. The smallest absolute Gasteiger partial charge is 0.251 e. The molecule has 1 saturated carbocycles. The molecule has 1 aliphatic heterocycles.